The molecule has 0 amide bonds. The Morgan fingerprint density at radius 2 is 0.769 bits per heavy atom. The Hall–Kier alpha value is -9.50. The molecule has 0 saturated heterocycles. The van der Waals surface area contributed by atoms with E-state index in [2.05, 4.69) is 281 Å². The molecule has 0 aliphatic heterocycles. The lowest BCUT2D eigenvalue weighted by Gasteiger charge is -2.30. The molecule has 2 aliphatic rings. The highest BCUT2D eigenvalue weighted by molar-refractivity contribution is 6.30. The Labute approximate surface area is 454 Å². The van der Waals surface area contributed by atoms with E-state index in [1.54, 1.807) is 0 Å². The molecule has 14 aromatic rings. The van der Waals surface area contributed by atoms with Crippen LogP contribution in [0.4, 0.5) is 17.1 Å². The Kier molecular flexibility index (Phi) is 9.47. The van der Waals surface area contributed by atoms with Gasteiger partial charge in [-0.25, -0.2) is 0 Å². The minimum Gasteiger partial charge on any atom is -0.455 e. The molecule has 1 aromatic heterocycles. The fourth-order valence-corrected chi connectivity index (χ4v) is 14.1. The molecule has 16 rings (SSSR count). The van der Waals surface area contributed by atoms with E-state index in [9.17, 15) is 0 Å². The molecule has 1 heterocycles. The van der Waals surface area contributed by atoms with Crippen molar-refractivity contribution in [3.05, 3.63) is 271 Å². The minimum atomic E-state index is -0.148. The molecule has 2 nitrogen and oxygen atoms in total. The van der Waals surface area contributed by atoms with Gasteiger partial charge < -0.3 is 9.32 Å². The Morgan fingerprint density at radius 1 is 0.295 bits per heavy atom. The van der Waals surface area contributed by atoms with E-state index >= 15 is 0 Å². The lowest BCUT2D eigenvalue weighted by molar-refractivity contribution is 0.660. The van der Waals surface area contributed by atoms with Crippen molar-refractivity contribution in [3.8, 4) is 55.6 Å². The van der Waals surface area contributed by atoms with Crippen molar-refractivity contribution in [3.63, 3.8) is 0 Å². The number of hydrogen-bond donors (Lipinski definition) is 0. The van der Waals surface area contributed by atoms with E-state index in [1.807, 2.05) is 0 Å². The van der Waals surface area contributed by atoms with Crippen LogP contribution in [0.2, 0.25) is 0 Å². The van der Waals surface area contributed by atoms with Gasteiger partial charge in [0.15, 0.2) is 0 Å². The SMILES string of the molecule is CC1(C)c2ccccc2-c2ccc(N(c3ccc(-c4ccc5c6ccccc6c6ccccc6c5c4-c4ccc5c(c4)oc4c(-c6ccccc6)c6ccccc6cc45)cc3)c3ccc4c(c3)C(C)(C)c3ccccc3-4)cc21. The zero-order valence-corrected chi connectivity index (χ0v) is 44.0. The third-order valence-electron chi connectivity index (χ3n) is 17.8. The van der Waals surface area contributed by atoms with E-state index < -0.39 is 0 Å². The maximum absolute atomic E-state index is 7.16. The second-order valence-corrected chi connectivity index (χ2v) is 22.7. The molecule has 0 spiro atoms. The first-order chi connectivity index (χ1) is 38.2. The predicted octanol–water partition coefficient (Wildman–Crippen LogP) is 21.3. The average molecular weight is 996 g/mol. The molecule has 78 heavy (non-hydrogen) atoms. The summed E-state index contributed by atoms with van der Waals surface area (Å²) in [5, 5.41) is 12.1. The summed E-state index contributed by atoms with van der Waals surface area (Å²) in [6.45, 7) is 9.49. The molecule has 0 bridgehead atoms. The third kappa shape index (κ3) is 6.38. The van der Waals surface area contributed by atoms with E-state index in [0.717, 1.165) is 61.3 Å². The molecule has 0 N–H and O–H groups in total. The van der Waals surface area contributed by atoms with Crippen molar-refractivity contribution in [2.75, 3.05) is 4.90 Å². The first-order valence-electron chi connectivity index (χ1n) is 27.4. The van der Waals surface area contributed by atoms with Gasteiger partial charge in [0.1, 0.15) is 11.2 Å². The number of anilines is 3. The van der Waals surface area contributed by atoms with Gasteiger partial charge in [-0.1, -0.05) is 222 Å². The van der Waals surface area contributed by atoms with Crippen molar-refractivity contribution < 1.29 is 4.42 Å². The first kappa shape index (κ1) is 44.8. The second-order valence-electron chi connectivity index (χ2n) is 22.7. The van der Waals surface area contributed by atoms with Gasteiger partial charge >= 0.3 is 0 Å². The largest absolute Gasteiger partial charge is 0.455 e. The maximum Gasteiger partial charge on any atom is 0.143 e. The normalized spacial score (nSPS) is 13.8. The summed E-state index contributed by atoms with van der Waals surface area (Å²) in [6, 6.07) is 92.6. The van der Waals surface area contributed by atoms with Crippen LogP contribution in [0.5, 0.6) is 0 Å². The summed E-state index contributed by atoms with van der Waals surface area (Å²) in [4.78, 5) is 2.48. The fraction of sp³-hybridized carbons (Fsp3) is 0.0789. The van der Waals surface area contributed by atoms with Crippen molar-refractivity contribution in [2.45, 2.75) is 38.5 Å². The van der Waals surface area contributed by atoms with Crippen LogP contribution in [0.1, 0.15) is 49.9 Å². The van der Waals surface area contributed by atoms with Crippen LogP contribution in [0.15, 0.2) is 253 Å². The number of fused-ring (bicyclic) bond motifs is 16. The number of nitrogens with zero attached hydrogens (tertiary/aromatic N) is 1. The molecule has 0 atom stereocenters. The van der Waals surface area contributed by atoms with Gasteiger partial charge in [0.25, 0.3) is 0 Å². The number of hydrogen-bond acceptors (Lipinski definition) is 2. The van der Waals surface area contributed by atoms with Crippen molar-refractivity contribution >= 4 is 82.1 Å². The van der Waals surface area contributed by atoms with Crippen molar-refractivity contribution in [1.82, 2.24) is 0 Å². The third-order valence-corrected chi connectivity index (χ3v) is 17.8. The molecule has 13 aromatic carbocycles. The molecule has 0 radical (unpaired) electrons. The summed E-state index contributed by atoms with van der Waals surface area (Å²) >= 11 is 0. The van der Waals surface area contributed by atoms with Gasteiger partial charge in [-0.15, -0.1) is 0 Å². The summed E-state index contributed by atoms with van der Waals surface area (Å²) in [5.74, 6) is 0. The molecule has 0 saturated carbocycles. The quantitative estimate of drug-likeness (QED) is 0.154. The Morgan fingerprint density at radius 3 is 1.41 bits per heavy atom. The average Bonchev–Trinajstić information content (AvgIpc) is 4.19. The fourth-order valence-electron chi connectivity index (χ4n) is 14.1. The number of benzene rings is 13. The molecule has 2 aliphatic carbocycles. The van der Waals surface area contributed by atoms with Crippen LogP contribution < -0.4 is 4.90 Å². The summed E-state index contributed by atoms with van der Waals surface area (Å²) < 4.78 is 7.16. The number of furan rings is 1. The molecule has 0 unspecified atom stereocenters. The smallest absolute Gasteiger partial charge is 0.143 e. The van der Waals surface area contributed by atoms with Gasteiger partial charge in [-0.05, 0) is 170 Å². The van der Waals surface area contributed by atoms with Crippen LogP contribution in [-0.4, -0.2) is 0 Å². The molecular formula is C76H53NO. The molecule has 0 fully saturated rings. The first-order valence-corrected chi connectivity index (χ1v) is 27.4. The summed E-state index contributed by atoms with van der Waals surface area (Å²) in [5.41, 5.74) is 22.5. The molecule has 2 heteroatoms. The standard InChI is InChI=1S/C76H53NO/c1-75(2)66-28-16-14-25-58(66)60-38-35-51(44-68(60)75)77(52-36-39-61-59-26-15-17-29-67(59)76(3,4)69(61)45-52)50-33-30-46(31-34-50)54-40-41-64-57-24-11-10-22-55(57)56-23-12-13-27-63(56)73(64)71(54)49-32-37-62-65-42-48-20-8-9-21-53(48)72(47-18-6-5-7-19-47)74(65)78-70(62)43-49/h5-45H,1-4H3. The lowest BCUT2D eigenvalue weighted by Crippen LogP contribution is -2.18. The zero-order chi connectivity index (χ0) is 52.0. The van der Waals surface area contributed by atoms with Gasteiger partial charge in [0.05, 0.1) is 0 Å². The molecular weight excluding hydrogens is 943 g/mol. The van der Waals surface area contributed by atoms with E-state index in [0.29, 0.717) is 0 Å². The van der Waals surface area contributed by atoms with E-state index in [-0.39, 0.29) is 10.8 Å². The van der Waals surface area contributed by atoms with Crippen LogP contribution in [-0.2, 0) is 10.8 Å². The summed E-state index contributed by atoms with van der Waals surface area (Å²) in [6.07, 6.45) is 0. The van der Waals surface area contributed by atoms with Gasteiger partial charge in [0.2, 0.25) is 0 Å². The van der Waals surface area contributed by atoms with Crippen LogP contribution in [0.3, 0.4) is 0 Å². The van der Waals surface area contributed by atoms with Gasteiger partial charge in [-0.3, -0.25) is 0 Å². The van der Waals surface area contributed by atoms with Gasteiger partial charge in [-0.2, -0.15) is 0 Å². The topological polar surface area (TPSA) is 16.4 Å². The highest BCUT2D eigenvalue weighted by atomic mass is 16.3. The van der Waals surface area contributed by atoms with Crippen LogP contribution >= 0.6 is 0 Å². The Balaban J connectivity index is 0.908. The highest BCUT2D eigenvalue weighted by Gasteiger charge is 2.38. The predicted molar refractivity (Wildman–Crippen MR) is 330 cm³/mol. The second kappa shape index (κ2) is 16.5. The van der Waals surface area contributed by atoms with E-state index in [4.69, 9.17) is 4.42 Å². The van der Waals surface area contributed by atoms with E-state index in [1.165, 1.54) is 98.7 Å². The maximum atomic E-state index is 7.16. The van der Waals surface area contributed by atoms with Gasteiger partial charge in [0, 0.05) is 44.2 Å². The monoisotopic (exact) mass is 995 g/mol. The van der Waals surface area contributed by atoms with Crippen LogP contribution in [0.25, 0.3) is 121 Å². The summed E-state index contributed by atoms with van der Waals surface area (Å²) in [7, 11) is 0. The lowest BCUT2D eigenvalue weighted by atomic mass is 9.82. The van der Waals surface area contributed by atoms with Crippen LogP contribution in [0, 0.1) is 0 Å². The van der Waals surface area contributed by atoms with Crippen molar-refractivity contribution in [2.24, 2.45) is 0 Å². The molecule has 368 valence electrons. The minimum absolute atomic E-state index is 0.148. The van der Waals surface area contributed by atoms with Crippen molar-refractivity contribution in [1.29, 1.82) is 0 Å². The Bertz CT molecular complexity index is 4700. The number of rotatable bonds is 6. The zero-order valence-electron chi connectivity index (χ0n) is 44.0. The highest BCUT2D eigenvalue weighted by Crippen LogP contribution is 2.54.